The van der Waals surface area contributed by atoms with Crippen LogP contribution in [0.2, 0.25) is 5.15 Å². The van der Waals surface area contributed by atoms with Crippen LogP contribution in [0.4, 0.5) is 18.9 Å². The highest BCUT2D eigenvalue weighted by atomic mass is 35.5. The summed E-state index contributed by atoms with van der Waals surface area (Å²) in [4.78, 5) is 12.2. The largest absolute Gasteiger partial charge is 0.435 e. The molecule has 0 aliphatic heterocycles. The van der Waals surface area contributed by atoms with E-state index in [1.165, 1.54) is 0 Å². The van der Waals surface area contributed by atoms with Crippen molar-refractivity contribution in [1.29, 1.82) is 0 Å². The summed E-state index contributed by atoms with van der Waals surface area (Å²) in [6.45, 7) is 1.60. The normalized spacial score (nSPS) is 13.0. The van der Waals surface area contributed by atoms with Gasteiger partial charge in [-0.2, -0.15) is 18.3 Å². The van der Waals surface area contributed by atoms with Crippen LogP contribution >= 0.6 is 11.6 Å². The van der Waals surface area contributed by atoms with Crippen molar-refractivity contribution in [3.05, 3.63) is 46.7 Å². The minimum atomic E-state index is -4.67. The summed E-state index contributed by atoms with van der Waals surface area (Å²) in [5.41, 5.74) is -0.927. The van der Waals surface area contributed by atoms with E-state index in [1.807, 2.05) is 0 Å². The topological polar surface area (TPSA) is 46.9 Å². The van der Waals surface area contributed by atoms with E-state index in [1.54, 1.807) is 37.3 Å². The van der Waals surface area contributed by atoms with Crippen LogP contribution in [0.25, 0.3) is 0 Å². The standard InChI is InChI=1S/C14H13ClF3N3O/c1-8(9-6-4-3-5-7-9)13(22)19-10-11(14(16,17)18)21(2)20-12(10)15/h3-8H,1-2H3,(H,19,22). The molecule has 2 aromatic rings. The number of nitrogens with zero attached hydrogens (tertiary/aromatic N) is 2. The Morgan fingerprint density at radius 1 is 1.32 bits per heavy atom. The van der Waals surface area contributed by atoms with E-state index in [0.29, 0.717) is 10.2 Å². The van der Waals surface area contributed by atoms with Gasteiger partial charge in [0.1, 0.15) is 5.69 Å². The molecule has 2 rings (SSSR count). The molecule has 1 amide bonds. The van der Waals surface area contributed by atoms with Crippen molar-refractivity contribution < 1.29 is 18.0 Å². The van der Waals surface area contributed by atoms with E-state index < -0.39 is 34.5 Å². The van der Waals surface area contributed by atoms with Crippen LogP contribution in [0.5, 0.6) is 0 Å². The lowest BCUT2D eigenvalue weighted by Crippen LogP contribution is -2.22. The van der Waals surface area contributed by atoms with Gasteiger partial charge in [0.15, 0.2) is 10.8 Å². The zero-order valence-corrected chi connectivity index (χ0v) is 12.5. The molecule has 0 bridgehead atoms. The smallest absolute Gasteiger partial charge is 0.321 e. The minimum absolute atomic E-state index is 0.400. The number of carbonyl (C=O) groups excluding carboxylic acids is 1. The molecule has 0 radical (unpaired) electrons. The second kappa shape index (κ2) is 6.00. The third kappa shape index (κ3) is 3.24. The molecule has 1 aromatic heterocycles. The van der Waals surface area contributed by atoms with E-state index >= 15 is 0 Å². The Bertz CT molecular complexity index is 683. The fourth-order valence-electron chi connectivity index (χ4n) is 2.05. The average molecular weight is 332 g/mol. The highest BCUT2D eigenvalue weighted by Gasteiger charge is 2.40. The van der Waals surface area contributed by atoms with Crippen molar-refractivity contribution in [3.8, 4) is 0 Å². The molecule has 22 heavy (non-hydrogen) atoms. The Kier molecular flexibility index (Phi) is 4.46. The number of hydrogen-bond acceptors (Lipinski definition) is 2. The Morgan fingerprint density at radius 2 is 1.91 bits per heavy atom. The SMILES string of the molecule is CC(C(=O)Nc1c(Cl)nn(C)c1C(F)(F)F)c1ccccc1. The third-order valence-corrected chi connectivity index (χ3v) is 3.48. The second-order valence-corrected chi connectivity index (χ2v) is 5.12. The van der Waals surface area contributed by atoms with Crippen molar-refractivity contribution in [2.45, 2.75) is 19.0 Å². The van der Waals surface area contributed by atoms with Gasteiger partial charge in [0.2, 0.25) is 5.91 Å². The Hall–Kier alpha value is -2.02. The second-order valence-electron chi connectivity index (χ2n) is 4.76. The number of nitrogens with one attached hydrogen (secondary N) is 1. The van der Waals surface area contributed by atoms with Gasteiger partial charge in [0, 0.05) is 7.05 Å². The molecule has 0 aliphatic carbocycles. The van der Waals surface area contributed by atoms with E-state index in [-0.39, 0.29) is 0 Å². The van der Waals surface area contributed by atoms with Crippen molar-refractivity contribution in [3.63, 3.8) is 0 Å². The van der Waals surface area contributed by atoms with Crippen LogP contribution in [0.1, 0.15) is 24.1 Å². The molecule has 0 saturated heterocycles. The number of benzene rings is 1. The van der Waals surface area contributed by atoms with E-state index in [2.05, 4.69) is 10.4 Å². The summed E-state index contributed by atoms with van der Waals surface area (Å²) >= 11 is 5.70. The summed E-state index contributed by atoms with van der Waals surface area (Å²) in [7, 11) is 1.12. The number of anilines is 1. The molecule has 0 saturated carbocycles. The predicted molar refractivity (Wildman–Crippen MR) is 76.7 cm³/mol. The van der Waals surface area contributed by atoms with Gasteiger partial charge in [0.25, 0.3) is 0 Å². The fourth-order valence-corrected chi connectivity index (χ4v) is 2.30. The highest BCUT2D eigenvalue weighted by molar-refractivity contribution is 6.32. The molecule has 4 nitrogen and oxygen atoms in total. The average Bonchev–Trinajstić information content (AvgIpc) is 2.73. The number of aryl methyl sites for hydroxylation is 1. The van der Waals surface area contributed by atoms with Gasteiger partial charge in [-0.15, -0.1) is 0 Å². The molecule has 1 N–H and O–H groups in total. The molecule has 1 aromatic carbocycles. The van der Waals surface area contributed by atoms with Gasteiger partial charge < -0.3 is 5.32 Å². The first-order valence-corrected chi connectivity index (χ1v) is 6.75. The Morgan fingerprint density at radius 3 is 2.45 bits per heavy atom. The number of hydrogen-bond donors (Lipinski definition) is 1. The molecule has 0 fully saturated rings. The first-order chi connectivity index (χ1) is 10.2. The summed E-state index contributed by atoms with van der Waals surface area (Å²) in [5, 5.41) is 5.34. The van der Waals surface area contributed by atoms with E-state index in [9.17, 15) is 18.0 Å². The van der Waals surface area contributed by atoms with Crippen LogP contribution in [-0.4, -0.2) is 15.7 Å². The molecule has 1 unspecified atom stereocenters. The summed E-state index contributed by atoms with van der Waals surface area (Å²) < 4.78 is 39.7. The number of halogens is 4. The van der Waals surface area contributed by atoms with E-state index in [0.717, 1.165) is 7.05 Å². The summed E-state index contributed by atoms with van der Waals surface area (Å²) in [6, 6.07) is 8.72. The zero-order valence-electron chi connectivity index (χ0n) is 11.8. The quantitative estimate of drug-likeness (QED) is 0.929. The van der Waals surface area contributed by atoms with Gasteiger partial charge in [-0.3, -0.25) is 9.48 Å². The first kappa shape index (κ1) is 16.4. The van der Waals surface area contributed by atoms with Crippen molar-refractivity contribution in [1.82, 2.24) is 9.78 Å². The van der Waals surface area contributed by atoms with Crippen LogP contribution in [0.15, 0.2) is 30.3 Å². The summed E-state index contributed by atoms with van der Waals surface area (Å²) in [5.74, 6) is -1.22. The van der Waals surface area contributed by atoms with Crippen LogP contribution in [0, 0.1) is 0 Å². The Labute approximate surface area is 129 Å². The van der Waals surface area contributed by atoms with E-state index in [4.69, 9.17) is 11.6 Å². The molecular formula is C14H13ClF3N3O. The number of aromatic nitrogens is 2. The maximum absolute atomic E-state index is 13.0. The minimum Gasteiger partial charge on any atom is -0.321 e. The number of amides is 1. The first-order valence-electron chi connectivity index (χ1n) is 6.37. The Balaban J connectivity index is 2.30. The molecule has 1 heterocycles. The van der Waals surface area contributed by atoms with Crippen molar-refractivity contribution in [2.24, 2.45) is 7.05 Å². The molecule has 0 spiro atoms. The van der Waals surface area contributed by atoms with Crippen LogP contribution in [0.3, 0.4) is 0 Å². The van der Waals surface area contributed by atoms with Crippen molar-refractivity contribution in [2.75, 3.05) is 5.32 Å². The van der Waals surface area contributed by atoms with Gasteiger partial charge >= 0.3 is 6.18 Å². The van der Waals surface area contributed by atoms with Crippen molar-refractivity contribution >= 4 is 23.2 Å². The van der Waals surface area contributed by atoms with Gasteiger partial charge in [-0.05, 0) is 12.5 Å². The molecule has 0 aliphatic rings. The number of alkyl halides is 3. The lowest BCUT2D eigenvalue weighted by Gasteiger charge is -2.14. The van der Waals surface area contributed by atoms with Gasteiger partial charge in [-0.1, -0.05) is 41.9 Å². The number of carbonyl (C=O) groups is 1. The fraction of sp³-hybridized carbons (Fsp3) is 0.286. The van der Waals surface area contributed by atoms with Crippen LogP contribution < -0.4 is 5.32 Å². The lowest BCUT2D eigenvalue weighted by molar-refractivity contribution is -0.143. The maximum atomic E-state index is 13.0. The maximum Gasteiger partial charge on any atom is 0.435 e. The predicted octanol–water partition coefficient (Wildman–Crippen LogP) is 3.83. The summed E-state index contributed by atoms with van der Waals surface area (Å²) in [6.07, 6.45) is -4.67. The zero-order chi connectivity index (χ0) is 16.5. The molecule has 1 atom stereocenters. The van der Waals surface area contributed by atoms with Gasteiger partial charge in [0.05, 0.1) is 5.92 Å². The monoisotopic (exact) mass is 331 g/mol. The van der Waals surface area contributed by atoms with Gasteiger partial charge in [-0.25, -0.2) is 0 Å². The molecule has 8 heteroatoms. The molecule has 118 valence electrons. The van der Waals surface area contributed by atoms with Crippen LogP contribution in [-0.2, 0) is 18.0 Å². The lowest BCUT2D eigenvalue weighted by atomic mass is 10.0. The highest BCUT2D eigenvalue weighted by Crippen LogP contribution is 2.38. The number of rotatable bonds is 3. The molecular weight excluding hydrogens is 319 g/mol. The third-order valence-electron chi connectivity index (χ3n) is 3.21.